The molecule has 3 amide bonds. The zero-order chi connectivity index (χ0) is 16.4. The first-order chi connectivity index (χ1) is 10.3. The highest BCUT2D eigenvalue weighted by molar-refractivity contribution is 6.38. The molecule has 1 heterocycles. The number of hydrogen-bond acceptors (Lipinski definition) is 4. The van der Waals surface area contributed by atoms with Crippen LogP contribution in [0.5, 0.6) is 0 Å². The zero-order valence-electron chi connectivity index (χ0n) is 11.0. The van der Waals surface area contributed by atoms with Crippen LogP contribution in [-0.4, -0.2) is 34.8 Å². The molecule has 1 aliphatic heterocycles. The molecule has 0 spiro atoms. The van der Waals surface area contributed by atoms with Crippen molar-refractivity contribution in [3.8, 4) is 0 Å². The summed E-state index contributed by atoms with van der Waals surface area (Å²) in [6.07, 6.45) is 0.197. The van der Waals surface area contributed by atoms with Crippen molar-refractivity contribution >= 4 is 46.9 Å². The van der Waals surface area contributed by atoms with Crippen molar-refractivity contribution in [2.75, 3.05) is 0 Å². The van der Waals surface area contributed by atoms with E-state index in [1.807, 2.05) is 0 Å². The molecule has 1 aromatic carbocycles. The Kier molecular flexibility index (Phi) is 4.68. The molecule has 1 aromatic rings. The maximum atomic E-state index is 12.3. The largest absolute Gasteiger partial charge is 0.478 e. The number of halogens is 2. The van der Waals surface area contributed by atoms with Crippen molar-refractivity contribution in [2.24, 2.45) is 0 Å². The number of rotatable bonds is 3. The third-order valence-corrected chi connectivity index (χ3v) is 3.72. The van der Waals surface area contributed by atoms with Crippen molar-refractivity contribution in [1.29, 1.82) is 0 Å². The van der Waals surface area contributed by atoms with Crippen molar-refractivity contribution < 1.29 is 24.3 Å². The van der Waals surface area contributed by atoms with E-state index in [-0.39, 0.29) is 28.5 Å². The summed E-state index contributed by atoms with van der Waals surface area (Å²) in [6.45, 7) is 0. The van der Waals surface area contributed by atoms with Gasteiger partial charge in [-0.15, -0.1) is 0 Å². The number of benzene rings is 1. The predicted octanol–water partition coefficient (Wildman–Crippen LogP) is 1.23. The number of carbonyl (C=O) groups is 4. The van der Waals surface area contributed by atoms with Crippen LogP contribution in [0.4, 0.5) is 0 Å². The van der Waals surface area contributed by atoms with Crippen LogP contribution in [0.2, 0.25) is 10.0 Å². The van der Waals surface area contributed by atoms with Crippen molar-refractivity contribution in [2.45, 2.75) is 18.9 Å². The van der Waals surface area contributed by atoms with Gasteiger partial charge in [-0.2, -0.15) is 0 Å². The first-order valence-corrected chi connectivity index (χ1v) is 6.92. The Morgan fingerprint density at radius 1 is 1.18 bits per heavy atom. The van der Waals surface area contributed by atoms with Gasteiger partial charge in [-0.05, 0) is 18.6 Å². The van der Waals surface area contributed by atoms with Crippen LogP contribution in [0.25, 0.3) is 0 Å². The number of amides is 3. The fraction of sp³-hybridized carbons (Fsp3) is 0.231. The molecule has 2 rings (SSSR count). The number of hydrogen-bond donors (Lipinski definition) is 3. The average Bonchev–Trinajstić information content (AvgIpc) is 2.43. The van der Waals surface area contributed by atoms with Gasteiger partial charge in [0.05, 0.1) is 21.2 Å². The van der Waals surface area contributed by atoms with E-state index in [4.69, 9.17) is 28.3 Å². The summed E-state index contributed by atoms with van der Waals surface area (Å²) in [5, 5.41) is 13.4. The molecule has 1 saturated heterocycles. The summed E-state index contributed by atoms with van der Waals surface area (Å²) < 4.78 is 0. The van der Waals surface area contributed by atoms with Gasteiger partial charge in [0.15, 0.2) is 0 Å². The molecule has 22 heavy (non-hydrogen) atoms. The second kappa shape index (κ2) is 6.33. The van der Waals surface area contributed by atoms with Gasteiger partial charge in [0.2, 0.25) is 11.8 Å². The molecule has 0 bridgehead atoms. The first kappa shape index (κ1) is 16.3. The van der Waals surface area contributed by atoms with Crippen LogP contribution in [0.15, 0.2) is 12.1 Å². The minimum absolute atomic E-state index is 0.0752. The maximum absolute atomic E-state index is 12.3. The molecule has 3 N–H and O–H groups in total. The van der Waals surface area contributed by atoms with Crippen molar-refractivity contribution in [3.05, 3.63) is 33.3 Å². The summed E-state index contributed by atoms with van der Waals surface area (Å²) in [4.78, 5) is 46.2. The highest BCUT2D eigenvalue weighted by Gasteiger charge is 2.30. The van der Waals surface area contributed by atoms with Gasteiger partial charge >= 0.3 is 5.97 Å². The number of carboxylic acid groups (broad SMARTS) is 1. The van der Waals surface area contributed by atoms with E-state index in [2.05, 4.69) is 10.6 Å². The third-order valence-electron chi connectivity index (χ3n) is 3.09. The van der Waals surface area contributed by atoms with E-state index < -0.39 is 35.3 Å². The molecule has 1 aliphatic rings. The monoisotopic (exact) mass is 344 g/mol. The summed E-state index contributed by atoms with van der Waals surface area (Å²) in [6, 6.07) is 1.60. The number of carbonyl (C=O) groups excluding carboxylic acids is 3. The molecule has 1 fully saturated rings. The summed E-state index contributed by atoms with van der Waals surface area (Å²) in [5.41, 5.74) is -0.773. The quantitative estimate of drug-likeness (QED) is 0.713. The Hall–Kier alpha value is -2.12. The van der Waals surface area contributed by atoms with Gasteiger partial charge in [0.25, 0.3) is 5.91 Å². The van der Waals surface area contributed by atoms with Gasteiger partial charge in [-0.25, -0.2) is 4.79 Å². The molecule has 7 nitrogen and oxygen atoms in total. The molecule has 0 radical (unpaired) electrons. The van der Waals surface area contributed by atoms with Crippen LogP contribution in [0.1, 0.15) is 33.6 Å². The molecule has 116 valence electrons. The maximum Gasteiger partial charge on any atom is 0.338 e. The Morgan fingerprint density at radius 3 is 2.32 bits per heavy atom. The Bertz CT molecular complexity index is 689. The van der Waals surface area contributed by atoms with Gasteiger partial charge in [0, 0.05) is 6.42 Å². The van der Waals surface area contributed by atoms with Crippen molar-refractivity contribution in [1.82, 2.24) is 10.6 Å². The standard InChI is InChI=1S/C13H10Cl2N2O5/c14-5-1-2-6(15)10(13(21)22)9(5)12(20)16-7-3-4-8(18)17-11(7)19/h1-2,7H,3-4H2,(H,16,20)(H,21,22)(H,17,18,19)/t7-/m1/s1. The summed E-state index contributed by atoms with van der Waals surface area (Å²) in [7, 11) is 0. The lowest BCUT2D eigenvalue weighted by atomic mass is 10.0. The van der Waals surface area contributed by atoms with Crippen LogP contribution in [0.3, 0.4) is 0 Å². The molecule has 0 aliphatic carbocycles. The van der Waals surface area contributed by atoms with E-state index in [9.17, 15) is 19.2 Å². The molecular weight excluding hydrogens is 335 g/mol. The molecule has 9 heteroatoms. The molecule has 0 saturated carbocycles. The Balaban J connectivity index is 2.30. The van der Waals surface area contributed by atoms with Gasteiger partial charge in [-0.1, -0.05) is 23.2 Å². The lowest BCUT2D eigenvalue weighted by Crippen LogP contribution is -2.52. The highest BCUT2D eigenvalue weighted by Crippen LogP contribution is 2.27. The number of carboxylic acids is 1. The average molecular weight is 345 g/mol. The second-order valence-corrected chi connectivity index (χ2v) is 5.38. The number of imide groups is 1. The van der Waals surface area contributed by atoms with E-state index in [0.29, 0.717) is 0 Å². The molecular formula is C13H10Cl2N2O5. The van der Waals surface area contributed by atoms with E-state index in [1.54, 1.807) is 0 Å². The topological polar surface area (TPSA) is 113 Å². The van der Waals surface area contributed by atoms with Crippen LogP contribution >= 0.6 is 23.2 Å². The Labute approximate surface area is 134 Å². The van der Waals surface area contributed by atoms with Crippen molar-refractivity contribution in [3.63, 3.8) is 0 Å². The smallest absolute Gasteiger partial charge is 0.338 e. The number of piperidine rings is 1. The van der Waals surface area contributed by atoms with Gasteiger partial charge in [0.1, 0.15) is 6.04 Å². The van der Waals surface area contributed by atoms with Crippen LogP contribution in [0, 0.1) is 0 Å². The number of nitrogens with one attached hydrogen (secondary N) is 2. The lowest BCUT2D eigenvalue weighted by molar-refractivity contribution is -0.134. The number of aromatic carboxylic acids is 1. The summed E-state index contributed by atoms with van der Waals surface area (Å²) >= 11 is 11.7. The molecule has 0 aromatic heterocycles. The minimum atomic E-state index is -1.42. The fourth-order valence-electron chi connectivity index (χ4n) is 2.04. The summed E-state index contributed by atoms with van der Waals surface area (Å²) in [5.74, 6) is -3.34. The highest BCUT2D eigenvalue weighted by atomic mass is 35.5. The zero-order valence-corrected chi connectivity index (χ0v) is 12.5. The SMILES string of the molecule is O=C1CC[C@@H](NC(=O)c2c(Cl)ccc(Cl)c2C(=O)O)C(=O)N1. The predicted molar refractivity (Wildman–Crippen MR) is 77.1 cm³/mol. The minimum Gasteiger partial charge on any atom is -0.478 e. The Morgan fingerprint density at radius 2 is 1.77 bits per heavy atom. The first-order valence-electron chi connectivity index (χ1n) is 6.17. The van der Waals surface area contributed by atoms with Crippen LogP contribution < -0.4 is 10.6 Å². The van der Waals surface area contributed by atoms with E-state index in [1.165, 1.54) is 12.1 Å². The van der Waals surface area contributed by atoms with Crippen LogP contribution in [-0.2, 0) is 9.59 Å². The van der Waals surface area contributed by atoms with E-state index in [0.717, 1.165) is 0 Å². The third kappa shape index (κ3) is 3.20. The van der Waals surface area contributed by atoms with E-state index >= 15 is 0 Å². The molecule has 0 unspecified atom stereocenters. The molecule has 1 atom stereocenters. The second-order valence-electron chi connectivity index (χ2n) is 4.56. The van der Waals surface area contributed by atoms with Gasteiger partial charge in [-0.3, -0.25) is 19.7 Å². The lowest BCUT2D eigenvalue weighted by Gasteiger charge is -2.22. The normalized spacial score (nSPS) is 17.8. The fourth-order valence-corrected chi connectivity index (χ4v) is 2.53. The van der Waals surface area contributed by atoms with Gasteiger partial charge < -0.3 is 10.4 Å².